The third kappa shape index (κ3) is 6.57. The number of rotatable bonds is 16. The van der Waals surface area contributed by atoms with Crippen molar-refractivity contribution in [2.24, 2.45) is 10.8 Å². The Bertz CT molecular complexity index is 698. The lowest BCUT2D eigenvalue weighted by molar-refractivity contribution is -0.144. The number of benzene rings is 1. The fourth-order valence-corrected chi connectivity index (χ4v) is 4.99. The molecule has 1 aromatic carbocycles. The Balaban J connectivity index is 1.28. The molecule has 0 radical (unpaired) electrons. The van der Waals surface area contributed by atoms with Crippen molar-refractivity contribution in [3.8, 4) is 0 Å². The third-order valence-corrected chi connectivity index (χ3v) is 7.88. The van der Waals surface area contributed by atoms with E-state index in [1.165, 1.54) is 42.4 Å². The second-order valence-corrected chi connectivity index (χ2v) is 10.2. The van der Waals surface area contributed by atoms with E-state index in [1.807, 2.05) is 0 Å². The van der Waals surface area contributed by atoms with E-state index in [-0.39, 0.29) is 10.8 Å². The fourth-order valence-electron chi connectivity index (χ4n) is 4.99. The van der Waals surface area contributed by atoms with E-state index >= 15 is 0 Å². The molecule has 0 unspecified atom stereocenters. The third-order valence-electron chi connectivity index (χ3n) is 7.88. The van der Waals surface area contributed by atoms with E-state index in [2.05, 4.69) is 25.1 Å². The van der Waals surface area contributed by atoms with Crippen molar-refractivity contribution >= 4 is 11.9 Å². The maximum atomic E-state index is 11.2. The van der Waals surface area contributed by atoms with Crippen molar-refractivity contribution < 1.29 is 19.8 Å². The van der Waals surface area contributed by atoms with Crippen LogP contribution in [0.4, 0.5) is 0 Å². The molecule has 0 aliphatic heterocycles. The van der Waals surface area contributed by atoms with E-state index in [0.29, 0.717) is 0 Å². The van der Waals surface area contributed by atoms with Gasteiger partial charge in [0.25, 0.3) is 0 Å². The number of carboxylic acid groups (broad SMARTS) is 2. The number of aliphatic carboxylic acids is 2. The van der Waals surface area contributed by atoms with Gasteiger partial charge in [-0.3, -0.25) is 9.59 Å². The van der Waals surface area contributed by atoms with Gasteiger partial charge in [0, 0.05) is 0 Å². The smallest absolute Gasteiger partial charge is 0.309 e. The molecule has 0 heterocycles. The first-order valence-electron chi connectivity index (χ1n) is 12.4. The van der Waals surface area contributed by atoms with Gasteiger partial charge in [-0.2, -0.15) is 0 Å². The minimum atomic E-state index is -0.591. The molecule has 2 aliphatic carbocycles. The Labute approximate surface area is 187 Å². The first-order valence-corrected chi connectivity index (χ1v) is 12.4. The number of unbranched alkanes of at least 4 members (excludes halogenated alkanes) is 6. The molecule has 0 amide bonds. The van der Waals surface area contributed by atoms with Gasteiger partial charge in [-0.05, 0) is 87.8 Å². The quantitative estimate of drug-likeness (QED) is 0.287. The number of hydrogen-bond acceptors (Lipinski definition) is 2. The molecule has 0 saturated heterocycles. The van der Waals surface area contributed by atoms with Crippen molar-refractivity contribution in [2.45, 2.75) is 110 Å². The standard InChI is InChI=1S/C27H40O4/c1-21-22(11-6-2-4-8-15-26(17-18-26)24(28)29)13-10-14-23(21)12-7-3-5-9-16-27(19-20-27)25(30)31/h10,13-14H,2-9,11-12,15-20H2,1H3,(H,28,29)(H,30,31). The highest BCUT2D eigenvalue weighted by molar-refractivity contribution is 5.78. The Hall–Kier alpha value is -1.84. The summed E-state index contributed by atoms with van der Waals surface area (Å²) in [7, 11) is 0. The molecule has 4 nitrogen and oxygen atoms in total. The van der Waals surface area contributed by atoms with Crippen LogP contribution in [0, 0.1) is 17.8 Å². The average Bonchev–Trinajstić information content (AvgIpc) is 3.65. The summed E-state index contributed by atoms with van der Waals surface area (Å²) in [5, 5.41) is 18.5. The van der Waals surface area contributed by atoms with Crippen molar-refractivity contribution in [3.05, 3.63) is 34.9 Å². The van der Waals surface area contributed by atoms with Crippen LogP contribution in [0.2, 0.25) is 0 Å². The lowest BCUT2D eigenvalue weighted by Crippen LogP contribution is -2.14. The molecular weight excluding hydrogens is 388 g/mol. The largest absolute Gasteiger partial charge is 0.481 e. The van der Waals surface area contributed by atoms with Gasteiger partial charge in [-0.15, -0.1) is 0 Å². The summed E-state index contributed by atoms with van der Waals surface area (Å²) in [6.07, 6.45) is 16.5. The Morgan fingerprint density at radius 2 is 1.10 bits per heavy atom. The van der Waals surface area contributed by atoms with Crippen LogP contribution < -0.4 is 0 Å². The Morgan fingerprint density at radius 1 is 0.710 bits per heavy atom. The molecule has 2 N–H and O–H groups in total. The van der Waals surface area contributed by atoms with E-state index < -0.39 is 11.9 Å². The molecule has 2 saturated carbocycles. The van der Waals surface area contributed by atoms with Gasteiger partial charge in [-0.25, -0.2) is 0 Å². The maximum Gasteiger partial charge on any atom is 0.309 e. The SMILES string of the molecule is Cc1c(CCCCCCC2(C(=O)O)CC2)cccc1CCCCCCC1(C(=O)O)CC1. The molecule has 2 aliphatic rings. The molecule has 3 rings (SSSR count). The molecule has 1 aromatic rings. The maximum absolute atomic E-state index is 11.2. The first-order chi connectivity index (χ1) is 14.9. The lowest BCUT2D eigenvalue weighted by Gasteiger charge is -2.12. The predicted octanol–water partition coefficient (Wildman–Crippen LogP) is 6.71. The zero-order valence-corrected chi connectivity index (χ0v) is 19.3. The molecule has 31 heavy (non-hydrogen) atoms. The van der Waals surface area contributed by atoms with Gasteiger partial charge in [0.05, 0.1) is 10.8 Å². The summed E-state index contributed by atoms with van der Waals surface area (Å²) in [6.45, 7) is 2.25. The van der Waals surface area contributed by atoms with Gasteiger partial charge in [0.15, 0.2) is 0 Å². The molecule has 4 heteroatoms. The van der Waals surface area contributed by atoms with Crippen LogP contribution in [0.25, 0.3) is 0 Å². The van der Waals surface area contributed by atoms with Crippen LogP contribution in [-0.4, -0.2) is 22.2 Å². The number of carboxylic acids is 2. The van der Waals surface area contributed by atoms with Crippen molar-refractivity contribution in [2.75, 3.05) is 0 Å². The summed E-state index contributed by atoms with van der Waals surface area (Å²) in [5.41, 5.74) is 3.63. The number of aryl methyl sites for hydroxylation is 2. The van der Waals surface area contributed by atoms with Crippen molar-refractivity contribution in [1.29, 1.82) is 0 Å². The first kappa shape index (κ1) is 23.8. The molecule has 0 spiro atoms. The van der Waals surface area contributed by atoms with E-state index in [9.17, 15) is 19.8 Å². The highest BCUT2D eigenvalue weighted by Gasteiger charge is 2.49. The van der Waals surface area contributed by atoms with E-state index in [0.717, 1.165) is 77.0 Å². The summed E-state index contributed by atoms with van der Waals surface area (Å²) < 4.78 is 0. The number of carbonyl (C=O) groups is 2. The van der Waals surface area contributed by atoms with E-state index in [4.69, 9.17) is 0 Å². The summed E-state index contributed by atoms with van der Waals surface area (Å²) in [4.78, 5) is 22.5. The zero-order valence-electron chi connectivity index (χ0n) is 19.3. The summed E-state index contributed by atoms with van der Waals surface area (Å²) >= 11 is 0. The van der Waals surface area contributed by atoms with Crippen LogP contribution in [0.1, 0.15) is 107 Å². The van der Waals surface area contributed by atoms with Crippen LogP contribution in [0.15, 0.2) is 18.2 Å². The molecular formula is C27H40O4. The fraction of sp³-hybridized carbons (Fsp3) is 0.704. The van der Waals surface area contributed by atoms with Gasteiger partial charge in [0.1, 0.15) is 0 Å². The van der Waals surface area contributed by atoms with E-state index in [1.54, 1.807) is 0 Å². The number of hydrogen-bond donors (Lipinski definition) is 2. The van der Waals surface area contributed by atoms with Crippen molar-refractivity contribution in [3.63, 3.8) is 0 Å². The molecule has 0 atom stereocenters. The second-order valence-electron chi connectivity index (χ2n) is 10.2. The molecule has 0 aromatic heterocycles. The van der Waals surface area contributed by atoms with Crippen LogP contribution in [0.5, 0.6) is 0 Å². The lowest BCUT2D eigenvalue weighted by atomic mass is 9.93. The van der Waals surface area contributed by atoms with Gasteiger partial charge in [0.2, 0.25) is 0 Å². The predicted molar refractivity (Wildman–Crippen MR) is 123 cm³/mol. The van der Waals surface area contributed by atoms with Crippen LogP contribution >= 0.6 is 0 Å². The normalized spacial score (nSPS) is 18.0. The Morgan fingerprint density at radius 3 is 1.45 bits per heavy atom. The second kappa shape index (κ2) is 10.7. The monoisotopic (exact) mass is 428 g/mol. The zero-order chi connectivity index (χ0) is 22.3. The van der Waals surface area contributed by atoms with Gasteiger partial charge < -0.3 is 10.2 Å². The highest BCUT2D eigenvalue weighted by atomic mass is 16.4. The minimum Gasteiger partial charge on any atom is -0.481 e. The van der Waals surface area contributed by atoms with Crippen molar-refractivity contribution in [1.82, 2.24) is 0 Å². The Kier molecular flexibility index (Phi) is 8.18. The summed E-state index contributed by atoms with van der Waals surface area (Å²) in [5.74, 6) is -1.18. The van der Waals surface area contributed by atoms with Crippen LogP contribution in [0.3, 0.4) is 0 Å². The molecule has 2 fully saturated rings. The topological polar surface area (TPSA) is 74.6 Å². The van der Waals surface area contributed by atoms with Crippen LogP contribution in [-0.2, 0) is 22.4 Å². The summed E-state index contributed by atoms with van der Waals surface area (Å²) in [6, 6.07) is 6.69. The molecule has 172 valence electrons. The highest BCUT2D eigenvalue weighted by Crippen LogP contribution is 2.50. The van der Waals surface area contributed by atoms with Gasteiger partial charge in [-0.1, -0.05) is 56.7 Å². The minimum absolute atomic E-state index is 0.361. The average molecular weight is 429 g/mol. The molecule has 0 bridgehead atoms. The van der Waals surface area contributed by atoms with Gasteiger partial charge >= 0.3 is 11.9 Å².